The average Bonchev–Trinajstić information content (AvgIpc) is 2.65. The molecule has 0 aromatic carbocycles. The Labute approximate surface area is 126 Å². The fraction of sp³-hybridized carbons (Fsp3) is 0.556. The average molecular weight is 362 g/mol. The lowest BCUT2D eigenvalue weighted by molar-refractivity contribution is -0.197. The summed E-state index contributed by atoms with van der Waals surface area (Å²) in [6.07, 6.45) is -6.92. The Morgan fingerprint density at radius 3 is 2.35 bits per heavy atom. The second kappa shape index (κ2) is 6.49. The predicted molar refractivity (Wildman–Crippen MR) is 61.6 cm³/mol. The van der Waals surface area contributed by atoms with E-state index in [2.05, 4.69) is 4.84 Å². The highest BCUT2D eigenvalue weighted by molar-refractivity contribution is 7.87. The molecule has 130 valence electrons. The second-order valence-corrected chi connectivity index (χ2v) is 5.80. The minimum Gasteiger partial charge on any atom is -0.348 e. The van der Waals surface area contributed by atoms with E-state index in [0.29, 0.717) is 0 Å². The Morgan fingerprint density at radius 1 is 1.35 bits per heavy atom. The molecular weight excluding hydrogens is 353 g/mol. The molecule has 0 spiro atoms. The van der Waals surface area contributed by atoms with Gasteiger partial charge in [0.05, 0.1) is 12.8 Å². The number of rotatable bonds is 5. The van der Waals surface area contributed by atoms with Crippen molar-refractivity contribution in [1.29, 1.82) is 0 Å². The number of amides is 3. The van der Waals surface area contributed by atoms with Crippen molar-refractivity contribution in [2.45, 2.75) is 24.3 Å². The van der Waals surface area contributed by atoms with Crippen LogP contribution in [0.5, 0.6) is 0 Å². The third-order valence-corrected chi connectivity index (χ3v) is 3.57. The van der Waals surface area contributed by atoms with Gasteiger partial charge in [-0.3, -0.25) is 18.9 Å². The van der Waals surface area contributed by atoms with Crippen molar-refractivity contribution in [2.75, 3.05) is 6.54 Å². The maximum atomic E-state index is 11.9. The summed E-state index contributed by atoms with van der Waals surface area (Å²) in [5, 5.41) is -0.975. The quantitative estimate of drug-likeness (QED) is 0.445. The first-order valence-electron chi connectivity index (χ1n) is 5.73. The van der Waals surface area contributed by atoms with Gasteiger partial charge in [0.2, 0.25) is 0 Å². The molecule has 1 aliphatic rings. The van der Waals surface area contributed by atoms with Crippen molar-refractivity contribution in [3.05, 3.63) is 0 Å². The Morgan fingerprint density at radius 2 is 1.91 bits per heavy atom. The van der Waals surface area contributed by atoms with Crippen LogP contribution in [0.4, 0.5) is 13.2 Å². The Hall–Kier alpha value is -2.22. The van der Waals surface area contributed by atoms with Crippen molar-refractivity contribution in [3.8, 4) is 0 Å². The molecular formula is C9H9F3N2O8S. The first-order chi connectivity index (χ1) is 10.3. The van der Waals surface area contributed by atoms with Gasteiger partial charge in [0.1, 0.15) is 0 Å². The number of hydroxylamine groups is 2. The van der Waals surface area contributed by atoms with E-state index in [1.807, 2.05) is 0 Å². The van der Waals surface area contributed by atoms with Crippen LogP contribution in [0.25, 0.3) is 0 Å². The largest absolute Gasteiger partial charge is 0.471 e. The summed E-state index contributed by atoms with van der Waals surface area (Å²) in [6.45, 7) is -0.797. The minimum atomic E-state index is -5.15. The number of carbonyl (C=O) groups is 4. The maximum absolute atomic E-state index is 11.9. The first-order valence-corrected chi connectivity index (χ1v) is 7.23. The standard InChI is InChI=1S/C9H9F3N2O8S/c10-9(11,12)8(18)13-2-1-6(16)22-14-5(15)3-4(7(14)17)23(19,20)21/h4H,1-3H2,(H,13,18)(H,19,20,21). The molecule has 1 heterocycles. The fourth-order valence-corrected chi connectivity index (χ4v) is 2.14. The van der Waals surface area contributed by atoms with Crippen LogP contribution in [0.15, 0.2) is 0 Å². The zero-order chi connectivity index (χ0) is 18.0. The normalized spacial score (nSPS) is 19.0. The van der Waals surface area contributed by atoms with E-state index in [1.165, 1.54) is 5.32 Å². The molecule has 0 bridgehead atoms. The van der Waals surface area contributed by atoms with Gasteiger partial charge in [-0.2, -0.15) is 21.6 Å². The third kappa shape index (κ3) is 4.88. The molecule has 10 nitrogen and oxygen atoms in total. The van der Waals surface area contributed by atoms with Gasteiger partial charge in [-0.25, -0.2) is 4.79 Å². The predicted octanol–water partition coefficient (Wildman–Crippen LogP) is -1.47. The van der Waals surface area contributed by atoms with Gasteiger partial charge < -0.3 is 10.2 Å². The van der Waals surface area contributed by atoms with E-state index in [9.17, 15) is 40.8 Å². The highest BCUT2D eigenvalue weighted by Gasteiger charge is 2.48. The molecule has 0 saturated carbocycles. The van der Waals surface area contributed by atoms with E-state index < -0.39 is 64.6 Å². The zero-order valence-corrected chi connectivity index (χ0v) is 11.8. The topological polar surface area (TPSA) is 147 Å². The van der Waals surface area contributed by atoms with Crippen LogP contribution in [-0.4, -0.2) is 59.7 Å². The fourth-order valence-electron chi connectivity index (χ4n) is 1.44. The van der Waals surface area contributed by atoms with Crippen LogP contribution in [0, 0.1) is 0 Å². The van der Waals surface area contributed by atoms with E-state index in [0.717, 1.165) is 0 Å². The first kappa shape index (κ1) is 18.8. The highest BCUT2D eigenvalue weighted by Crippen LogP contribution is 2.20. The SMILES string of the molecule is O=C(CCNC(=O)C(F)(F)F)ON1C(=O)CC(S(=O)(=O)O)C1=O. The number of imide groups is 1. The summed E-state index contributed by atoms with van der Waals surface area (Å²) < 4.78 is 65.9. The zero-order valence-electron chi connectivity index (χ0n) is 11.0. The van der Waals surface area contributed by atoms with Crippen LogP contribution < -0.4 is 5.32 Å². The van der Waals surface area contributed by atoms with Crippen molar-refractivity contribution in [3.63, 3.8) is 0 Å². The lowest BCUT2D eigenvalue weighted by atomic mass is 10.4. The van der Waals surface area contributed by atoms with E-state index in [1.54, 1.807) is 0 Å². The lowest BCUT2D eigenvalue weighted by Crippen LogP contribution is -2.39. The molecule has 0 aliphatic carbocycles. The number of halogens is 3. The summed E-state index contributed by atoms with van der Waals surface area (Å²) in [5.41, 5.74) is 0. The number of alkyl halides is 3. The molecule has 1 saturated heterocycles. The molecule has 0 radical (unpaired) electrons. The Bertz CT molecular complexity index is 644. The Kier molecular flexibility index (Phi) is 5.31. The van der Waals surface area contributed by atoms with Gasteiger partial charge in [-0.15, -0.1) is 5.06 Å². The van der Waals surface area contributed by atoms with Crippen LogP contribution in [0.2, 0.25) is 0 Å². The molecule has 1 fully saturated rings. The monoisotopic (exact) mass is 362 g/mol. The molecule has 1 rings (SSSR count). The van der Waals surface area contributed by atoms with Gasteiger partial charge in [-0.05, 0) is 0 Å². The van der Waals surface area contributed by atoms with Crippen molar-refractivity contribution in [1.82, 2.24) is 10.4 Å². The number of hydrogen-bond donors (Lipinski definition) is 2. The summed E-state index contributed by atoms with van der Waals surface area (Å²) in [5.74, 6) is -6.41. The van der Waals surface area contributed by atoms with Gasteiger partial charge >= 0.3 is 18.1 Å². The van der Waals surface area contributed by atoms with Crippen molar-refractivity contribution in [2.24, 2.45) is 0 Å². The lowest BCUT2D eigenvalue weighted by Gasteiger charge is -2.13. The summed E-state index contributed by atoms with van der Waals surface area (Å²) in [4.78, 5) is 48.7. The number of hydrogen-bond acceptors (Lipinski definition) is 7. The van der Waals surface area contributed by atoms with Crippen LogP contribution in [0.1, 0.15) is 12.8 Å². The molecule has 23 heavy (non-hydrogen) atoms. The molecule has 3 amide bonds. The van der Waals surface area contributed by atoms with Crippen LogP contribution in [-0.2, 0) is 34.1 Å². The number of nitrogens with one attached hydrogen (secondary N) is 1. The summed E-state index contributed by atoms with van der Waals surface area (Å²) in [6, 6.07) is 0. The van der Waals surface area contributed by atoms with Gasteiger partial charge in [-0.1, -0.05) is 0 Å². The van der Waals surface area contributed by atoms with Gasteiger partial charge in [0.25, 0.3) is 21.9 Å². The number of carbonyl (C=O) groups excluding carboxylic acids is 4. The van der Waals surface area contributed by atoms with Gasteiger partial charge in [0.15, 0.2) is 5.25 Å². The second-order valence-electron chi connectivity index (χ2n) is 4.20. The third-order valence-electron chi connectivity index (χ3n) is 2.49. The van der Waals surface area contributed by atoms with Gasteiger partial charge in [0, 0.05) is 6.54 Å². The summed E-state index contributed by atoms with van der Waals surface area (Å²) in [7, 11) is -4.88. The van der Waals surface area contributed by atoms with Crippen molar-refractivity contribution < 1.29 is 50.2 Å². The van der Waals surface area contributed by atoms with E-state index in [4.69, 9.17) is 4.55 Å². The maximum Gasteiger partial charge on any atom is 0.471 e. The van der Waals surface area contributed by atoms with Crippen LogP contribution >= 0.6 is 0 Å². The smallest absolute Gasteiger partial charge is 0.348 e. The highest BCUT2D eigenvalue weighted by atomic mass is 32.2. The molecule has 0 aromatic heterocycles. The summed E-state index contributed by atoms with van der Waals surface area (Å²) >= 11 is 0. The molecule has 14 heteroatoms. The molecule has 1 aliphatic heterocycles. The molecule has 1 unspecified atom stereocenters. The molecule has 2 N–H and O–H groups in total. The Balaban J connectivity index is 2.54. The minimum absolute atomic E-state index is 0.202. The number of nitrogens with zero attached hydrogens (tertiary/aromatic N) is 1. The molecule has 1 atom stereocenters. The van der Waals surface area contributed by atoms with Crippen LogP contribution in [0.3, 0.4) is 0 Å². The van der Waals surface area contributed by atoms with E-state index >= 15 is 0 Å². The van der Waals surface area contributed by atoms with E-state index in [-0.39, 0.29) is 5.06 Å². The van der Waals surface area contributed by atoms with Crippen molar-refractivity contribution >= 4 is 33.8 Å². The molecule has 0 aromatic rings.